The van der Waals surface area contributed by atoms with Gasteiger partial charge >= 0.3 is 0 Å². The first kappa shape index (κ1) is 31.4. The molecule has 0 bridgehead atoms. The molecule has 2 amide bonds. The molecular formula is C33H44ClF2N3O2. The molecule has 3 unspecified atom stereocenters. The summed E-state index contributed by atoms with van der Waals surface area (Å²) in [4.78, 5) is 30.1. The van der Waals surface area contributed by atoms with Crippen molar-refractivity contribution >= 4 is 23.4 Å². The van der Waals surface area contributed by atoms with E-state index in [1.54, 1.807) is 0 Å². The maximum atomic E-state index is 15.0. The van der Waals surface area contributed by atoms with Crippen LogP contribution in [-0.4, -0.2) is 53.3 Å². The van der Waals surface area contributed by atoms with Gasteiger partial charge in [-0.2, -0.15) is 0 Å². The fourth-order valence-electron chi connectivity index (χ4n) is 6.64. The topological polar surface area (TPSA) is 52.7 Å². The van der Waals surface area contributed by atoms with Crippen LogP contribution in [-0.2, 0) is 9.59 Å². The van der Waals surface area contributed by atoms with Crippen LogP contribution in [0.3, 0.4) is 0 Å². The molecule has 0 aliphatic carbocycles. The first-order valence-corrected chi connectivity index (χ1v) is 15.2. The molecule has 2 aliphatic rings. The summed E-state index contributed by atoms with van der Waals surface area (Å²) in [5, 5.41) is 3.78. The summed E-state index contributed by atoms with van der Waals surface area (Å²) in [6.07, 6.45) is 2.96. The van der Waals surface area contributed by atoms with E-state index >= 15 is 4.39 Å². The van der Waals surface area contributed by atoms with Crippen LogP contribution in [0.2, 0.25) is 5.02 Å². The molecule has 0 saturated carbocycles. The van der Waals surface area contributed by atoms with Gasteiger partial charge in [0.25, 0.3) is 0 Å². The second kappa shape index (κ2) is 12.8. The van der Waals surface area contributed by atoms with Crippen LogP contribution in [0, 0.1) is 24.5 Å². The van der Waals surface area contributed by atoms with Gasteiger partial charge in [0.15, 0.2) is 0 Å². The van der Waals surface area contributed by atoms with Crippen LogP contribution >= 0.6 is 11.6 Å². The summed E-state index contributed by atoms with van der Waals surface area (Å²) in [7, 11) is 0. The van der Waals surface area contributed by atoms with Crippen molar-refractivity contribution in [1.82, 2.24) is 15.1 Å². The van der Waals surface area contributed by atoms with Gasteiger partial charge in [0.2, 0.25) is 11.8 Å². The third-order valence-electron chi connectivity index (χ3n) is 9.01. The van der Waals surface area contributed by atoms with Crippen LogP contribution in [0.1, 0.15) is 100 Å². The number of nitrogens with zero attached hydrogens (tertiary/aromatic N) is 2. The number of rotatable bonds is 6. The lowest BCUT2D eigenvalue weighted by molar-refractivity contribution is -0.139. The minimum absolute atomic E-state index is 0.0533. The highest BCUT2D eigenvalue weighted by atomic mass is 35.5. The number of amides is 2. The summed E-state index contributed by atoms with van der Waals surface area (Å²) in [6, 6.07) is 7.75. The second-order valence-electron chi connectivity index (χ2n) is 12.8. The Morgan fingerprint density at radius 3 is 2.32 bits per heavy atom. The van der Waals surface area contributed by atoms with E-state index in [9.17, 15) is 14.0 Å². The zero-order chi connectivity index (χ0) is 30.1. The Morgan fingerprint density at radius 2 is 1.73 bits per heavy atom. The van der Waals surface area contributed by atoms with Crippen LogP contribution in [0.4, 0.5) is 8.78 Å². The lowest BCUT2D eigenvalue weighted by atomic mass is 9.77. The lowest BCUT2D eigenvalue weighted by Crippen LogP contribution is -2.53. The number of hydrogen-bond acceptors (Lipinski definition) is 3. The van der Waals surface area contributed by atoms with Gasteiger partial charge in [0.1, 0.15) is 11.6 Å². The van der Waals surface area contributed by atoms with E-state index in [0.29, 0.717) is 36.6 Å². The summed E-state index contributed by atoms with van der Waals surface area (Å²) in [5.74, 6) is -1.71. The Kier molecular flexibility index (Phi) is 9.80. The Morgan fingerprint density at radius 1 is 1.05 bits per heavy atom. The number of carbonyl (C=O) groups is 2. The smallest absolute Gasteiger partial charge is 0.226 e. The maximum Gasteiger partial charge on any atom is 0.226 e. The van der Waals surface area contributed by atoms with Crippen molar-refractivity contribution in [2.24, 2.45) is 5.92 Å². The predicted octanol–water partition coefficient (Wildman–Crippen LogP) is 7.12. The molecule has 2 aromatic rings. The van der Waals surface area contributed by atoms with Gasteiger partial charge in [0, 0.05) is 55.0 Å². The van der Waals surface area contributed by atoms with Crippen LogP contribution in [0.25, 0.3) is 0 Å². The molecule has 224 valence electrons. The zero-order valence-corrected chi connectivity index (χ0v) is 26.0. The number of benzene rings is 2. The highest BCUT2D eigenvalue weighted by Gasteiger charge is 2.41. The Bertz CT molecular complexity index is 1270. The predicted molar refractivity (Wildman–Crippen MR) is 160 cm³/mol. The average molecular weight is 588 g/mol. The molecule has 41 heavy (non-hydrogen) atoms. The molecule has 4 rings (SSSR count). The van der Waals surface area contributed by atoms with Crippen LogP contribution in [0.15, 0.2) is 30.3 Å². The minimum atomic E-state index is -0.612. The quantitative estimate of drug-likeness (QED) is 0.391. The van der Waals surface area contributed by atoms with E-state index in [-0.39, 0.29) is 41.1 Å². The molecule has 2 saturated heterocycles. The van der Waals surface area contributed by atoms with Gasteiger partial charge in [-0.1, -0.05) is 30.7 Å². The molecule has 2 fully saturated rings. The van der Waals surface area contributed by atoms with Crippen molar-refractivity contribution in [3.05, 3.63) is 69.2 Å². The molecule has 2 heterocycles. The number of likely N-dealkylation sites (tertiary alicyclic amines) is 2. The average Bonchev–Trinajstić information content (AvgIpc) is 2.92. The summed E-state index contributed by atoms with van der Waals surface area (Å²) in [6.45, 7) is 14.4. The fourth-order valence-corrected chi connectivity index (χ4v) is 6.81. The summed E-state index contributed by atoms with van der Waals surface area (Å²) < 4.78 is 28.8. The normalized spacial score (nSPS) is 21.5. The number of hydrogen-bond donors (Lipinski definition) is 1. The minimum Gasteiger partial charge on any atom is -0.350 e. The third-order valence-corrected chi connectivity index (χ3v) is 9.42. The zero-order valence-electron chi connectivity index (χ0n) is 25.2. The lowest BCUT2D eigenvalue weighted by Gasteiger charge is -2.46. The summed E-state index contributed by atoms with van der Waals surface area (Å²) >= 11 is 6.57. The summed E-state index contributed by atoms with van der Waals surface area (Å²) in [5.41, 5.74) is 3.49. The van der Waals surface area contributed by atoms with E-state index in [1.165, 1.54) is 19.1 Å². The highest BCUT2D eigenvalue weighted by molar-refractivity contribution is 6.31. The van der Waals surface area contributed by atoms with E-state index in [2.05, 4.69) is 44.0 Å². The number of aryl methyl sites for hydroxylation is 1. The van der Waals surface area contributed by atoms with Crippen molar-refractivity contribution < 1.29 is 18.4 Å². The molecule has 2 aromatic carbocycles. The standard InChI is InChI=1S/C33H44ClF2N3O2/c1-7-31(37-21(3)40)27-16-20(2)29(34)18-26(27)22-10-13-38(14-11-22)32(41)25-12-15-39(33(4,5)6)19-28(25)24-9-8-23(35)17-30(24)36/h8-9,16-18,22,25,28,31H,7,10-15,19H2,1-6H3,(H,37,40). The SMILES string of the molecule is CCC(NC(C)=O)c1cc(C)c(Cl)cc1C1CCN(C(=O)C2CCN(C(C)(C)C)CC2c2ccc(F)cc2F)CC1. The number of carbonyl (C=O) groups excluding carboxylic acids is 2. The van der Waals surface area contributed by atoms with Crippen molar-refractivity contribution in [3.63, 3.8) is 0 Å². The number of nitrogens with one attached hydrogen (secondary N) is 1. The first-order chi connectivity index (χ1) is 19.3. The largest absolute Gasteiger partial charge is 0.350 e. The Hall–Kier alpha value is -2.51. The van der Waals surface area contributed by atoms with Crippen LogP contribution < -0.4 is 5.32 Å². The van der Waals surface area contributed by atoms with E-state index < -0.39 is 11.6 Å². The van der Waals surface area contributed by atoms with E-state index in [1.807, 2.05) is 17.9 Å². The van der Waals surface area contributed by atoms with Crippen molar-refractivity contribution in [2.45, 2.75) is 90.6 Å². The maximum absolute atomic E-state index is 15.0. The van der Waals surface area contributed by atoms with Gasteiger partial charge in [-0.3, -0.25) is 14.5 Å². The van der Waals surface area contributed by atoms with Crippen molar-refractivity contribution in [2.75, 3.05) is 26.2 Å². The van der Waals surface area contributed by atoms with E-state index in [0.717, 1.165) is 48.6 Å². The van der Waals surface area contributed by atoms with Gasteiger partial charge < -0.3 is 10.2 Å². The Labute approximate surface area is 248 Å². The van der Waals surface area contributed by atoms with Crippen molar-refractivity contribution in [3.8, 4) is 0 Å². The number of piperidine rings is 2. The van der Waals surface area contributed by atoms with Gasteiger partial charge in [-0.05, 0) is 100 Å². The first-order valence-electron chi connectivity index (χ1n) is 14.9. The highest BCUT2D eigenvalue weighted by Crippen LogP contribution is 2.40. The number of halogens is 3. The Balaban J connectivity index is 1.54. The second-order valence-corrected chi connectivity index (χ2v) is 13.2. The molecule has 3 atom stereocenters. The van der Waals surface area contributed by atoms with Gasteiger partial charge in [-0.15, -0.1) is 0 Å². The fraction of sp³-hybridized carbons (Fsp3) is 0.576. The molecule has 1 N–H and O–H groups in total. The third kappa shape index (κ3) is 7.11. The van der Waals surface area contributed by atoms with Crippen molar-refractivity contribution in [1.29, 1.82) is 0 Å². The molecule has 0 spiro atoms. The monoisotopic (exact) mass is 587 g/mol. The molecule has 8 heteroatoms. The molecular weight excluding hydrogens is 544 g/mol. The van der Waals surface area contributed by atoms with Gasteiger partial charge in [0.05, 0.1) is 6.04 Å². The molecule has 0 radical (unpaired) electrons. The molecule has 5 nitrogen and oxygen atoms in total. The molecule has 0 aromatic heterocycles. The van der Waals surface area contributed by atoms with E-state index in [4.69, 9.17) is 11.6 Å². The van der Waals surface area contributed by atoms with Gasteiger partial charge in [-0.25, -0.2) is 8.78 Å². The van der Waals surface area contributed by atoms with Crippen LogP contribution in [0.5, 0.6) is 0 Å². The molecule has 2 aliphatic heterocycles.